The summed E-state index contributed by atoms with van der Waals surface area (Å²) in [4.78, 5) is 26.1. The van der Waals surface area contributed by atoms with Crippen LogP contribution in [0.5, 0.6) is 0 Å². The number of carbonyl (C=O) groups excluding carboxylic acids is 2. The molecule has 2 aromatic rings. The van der Waals surface area contributed by atoms with Gasteiger partial charge in [-0.2, -0.15) is 11.8 Å². The highest BCUT2D eigenvalue weighted by Crippen LogP contribution is 2.19. The monoisotopic (exact) mass is 430 g/mol. The van der Waals surface area contributed by atoms with Crippen LogP contribution in [0, 0.1) is 5.82 Å². The predicted octanol–water partition coefficient (Wildman–Crippen LogP) is 2.54. The summed E-state index contributed by atoms with van der Waals surface area (Å²) in [6.07, 6.45) is 0.107. The number of thioether (sulfide) groups is 1. The normalized spacial score (nSPS) is 13.6. The molecule has 0 saturated carbocycles. The molecule has 0 unspecified atom stereocenters. The van der Waals surface area contributed by atoms with Gasteiger partial charge in [-0.05, 0) is 35.4 Å². The quantitative estimate of drug-likeness (QED) is 0.563. The number of urea groups is 1. The average Bonchev–Trinajstić information content (AvgIpc) is 2.76. The van der Waals surface area contributed by atoms with Gasteiger partial charge in [0.2, 0.25) is 5.91 Å². The molecule has 1 saturated heterocycles. The Kier molecular flexibility index (Phi) is 8.38. The van der Waals surface area contributed by atoms with Crippen molar-refractivity contribution in [1.82, 2.24) is 16.0 Å². The maximum atomic E-state index is 13.1. The van der Waals surface area contributed by atoms with Gasteiger partial charge in [-0.25, -0.2) is 9.18 Å². The Hall–Kier alpha value is -2.74. The number of carbonyl (C=O) groups is 2. The molecule has 0 atom stereocenters. The van der Waals surface area contributed by atoms with E-state index in [0.717, 1.165) is 30.2 Å². The molecule has 1 aliphatic heterocycles. The summed E-state index contributed by atoms with van der Waals surface area (Å²) in [5.74, 6) is 1.75. The van der Waals surface area contributed by atoms with Gasteiger partial charge in [-0.15, -0.1) is 0 Å². The minimum absolute atomic E-state index is 0.107. The first-order chi connectivity index (χ1) is 14.6. The van der Waals surface area contributed by atoms with E-state index in [0.29, 0.717) is 25.2 Å². The Balaban J connectivity index is 1.29. The van der Waals surface area contributed by atoms with Crippen LogP contribution in [-0.4, -0.2) is 49.6 Å². The molecule has 2 aromatic carbocycles. The number of benzene rings is 2. The van der Waals surface area contributed by atoms with Gasteiger partial charge in [0, 0.05) is 49.9 Å². The van der Waals surface area contributed by atoms with Crippen molar-refractivity contribution in [3.8, 4) is 0 Å². The molecule has 8 heteroatoms. The third-order valence-electron chi connectivity index (χ3n) is 4.75. The minimum Gasteiger partial charge on any atom is -0.370 e. The van der Waals surface area contributed by atoms with E-state index < -0.39 is 0 Å². The van der Waals surface area contributed by atoms with Crippen LogP contribution in [0.2, 0.25) is 0 Å². The fraction of sp³-hybridized carbons (Fsp3) is 0.364. The first-order valence-electron chi connectivity index (χ1n) is 10.0. The van der Waals surface area contributed by atoms with Gasteiger partial charge >= 0.3 is 6.03 Å². The van der Waals surface area contributed by atoms with Crippen LogP contribution in [0.15, 0.2) is 48.5 Å². The van der Waals surface area contributed by atoms with Crippen molar-refractivity contribution < 1.29 is 14.0 Å². The van der Waals surface area contributed by atoms with Crippen LogP contribution >= 0.6 is 11.8 Å². The Morgan fingerprint density at radius 1 is 0.933 bits per heavy atom. The number of halogens is 1. The zero-order valence-corrected chi connectivity index (χ0v) is 17.6. The first kappa shape index (κ1) is 22.0. The van der Waals surface area contributed by atoms with E-state index in [4.69, 9.17) is 0 Å². The molecule has 30 heavy (non-hydrogen) atoms. The van der Waals surface area contributed by atoms with Crippen molar-refractivity contribution in [2.45, 2.75) is 13.0 Å². The van der Waals surface area contributed by atoms with E-state index in [1.165, 1.54) is 17.8 Å². The van der Waals surface area contributed by atoms with Crippen LogP contribution in [-0.2, 0) is 17.8 Å². The van der Waals surface area contributed by atoms with E-state index in [9.17, 15) is 14.0 Å². The lowest BCUT2D eigenvalue weighted by Crippen LogP contribution is -2.40. The number of amides is 3. The van der Waals surface area contributed by atoms with Gasteiger partial charge in [0.25, 0.3) is 0 Å². The molecule has 0 aliphatic carbocycles. The van der Waals surface area contributed by atoms with Gasteiger partial charge in [-0.3, -0.25) is 4.79 Å². The van der Waals surface area contributed by atoms with Crippen LogP contribution in [0.25, 0.3) is 0 Å². The zero-order chi connectivity index (χ0) is 21.2. The molecule has 0 radical (unpaired) electrons. The summed E-state index contributed by atoms with van der Waals surface area (Å²) in [5, 5.41) is 8.23. The lowest BCUT2D eigenvalue weighted by Gasteiger charge is -2.28. The molecule has 0 bridgehead atoms. The van der Waals surface area contributed by atoms with Crippen LogP contribution in [0.4, 0.5) is 14.9 Å². The molecular weight excluding hydrogens is 403 g/mol. The van der Waals surface area contributed by atoms with Crippen LogP contribution < -0.4 is 20.9 Å². The van der Waals surface area contributed by atoms with Gasteiger partial charge in [0.15, 0.2) is 0 Å². The second-order valence-corrected chi connectivity index (χ2v) is 8.26. The Labute approximate surface area is 180 Å². The fourth-order valence-corrected chi connectivity index (χ4v) is 4.07. The molecule has 1 heterocycles. The number of hydrogen-bond donors (Lipinski definition) is 3. The van der Waals surface area contributed by atoms with Crippen molar-refractivity contribution in [3.63, 3.8) is 0 Å². The van der Waals surface area contributed by atoms with Crippen LogP contribution in [0.1, 0.15) is 11.1 Å². The highest BCUT2D eigenvalue weighted by molar-refractivity contribution is 7.99. The molecule has 0 spiro atoms. The summed E-state index contributed by atoms with van der Waals surface area (Å²) < 4.78 is 13.1. The van der Waals surface area contributed by atoms with Crippen molar-refractivity contribution in [2.75, 3.05) is 42.6 Å². The average molecular weight is 431 g/mol. The molecule has 1 aliphatic rings. The second-order valence-electron chi connectivity index (χ2n) is 7.03. The van der Waals surface area contributed by atoms with E-state index in [-0.39, 0.29) is 24.2 Å². The standard InChI is InChI=1S/C22H27FN4O2S/c23-19-3-1-2-18(14-19)15-21(28)24-8-9-25-22(29)26-16-17-4-6-20(7-5-17)27-10-12-30-13-11-27/h1-7,14H,8-13,15-16H2,(H,24,28)(H2,25,26,29). The lowest BCUT2D eigenvalue weighted by molar-refractivity contribution is -0.120. The van der Waals surface area contributed by atoms with E-state index >= 15 is 0 Å². The van der Waals surface area contributed by atoms with E-state index in [1.807, 2.05) is 23.9 Å². The smallest absolute Gasteiger partial charge is 0.315 e. The predicted molar refractivity (Wildman–Crippen MR) is 119 cm³/mol. The number of nitrogens with one attached hydrogen (secondary N) is 3. The molecule has 1 fully saturated rings. The largest absolute Gasteiger partial charge is 0.370 e. The van der Waals surface area contributed by atoms with Gasteiger partial charge < -0.3 is 20.9 Å². The summed E-state index contributed by atoms with van der Waals surface area (Å²) >= 11 is 1.99. The summed E-state index contributed by atoms with van der Waals surface area (Å²) in [6.45, 7) is 3.21. The Morgan fingerprint density at radius 3 is 2.40 bits per heavy atom. The third-order valence-corrected chi connectivity index (χ3v) is 5.69. The van der Waals surface area contributed by atoms with Crippen LogP contribution in [0.3, 0.4) is 0 Å². The lowest BCUT2D eigenvalue weighted by atomic mass is 10.1. The van der Waals surface area contributed by atoms with Crippen molar-refractivity contribution in [3.05, 3.63) is 65.5 Å². The van der Waals surface area contributed by atoms with Gasteiger partial charge in [-0.1, -0.05) is 24.3 Å². The topological polar surface area (TPSA) is 73.5 Å². The molecule has 6 nitrogen and oxygen atoms in total. The third kappa shape index (κ3) is 7.26. The molecular formula is C22H27FN4O2S. The molecule has 3 N–H and O–H groups in total. The summed E-state index contributed by atoms with van der Waals surface area (Å²) in [6, 6.07) is 13.9. The Bertz CT molecular complexity index is 841. The number of hydrogen-bond acceptors (Lipinski definition) is 4. The molecule has 3 amide bonds. The second kappa shape index (κ2) is 11.4. The highest BCUT2D eigenvalue weighted by atomic mass is 32.2. The zero-order valence-electron chi connectivity index (χ0n) is 16.8. The number of anilines is 1. The van der Waals surface area contributed by atoms with Crippen molar-refractivity contribution in [2.24, 2.45) is 0 Å². The van der Waals surface area contributed by atoms with Gasteiger partial charge in [0.05, 0.1) is 6.42 Å². The van der Waals surface area contributed by atoms with E-state index in [1.54, 1.807) is 12.1 Å². The number of nitrogens with zero attached hydrogens (tertiary/aromatic N) is 1. The highest BCUT2D eigenvalue weighted by Gasteiger charge is 2.11. The summed E-state index contributed by atoms with van der Waals surface area (Å²) in [7, 11) is 0. The Morgan fingerprint density at radius 2 is 1.67 bits per heavy atom. The van der Waals surface area contributed by atoms with Gasteiger partial charge in [0.1, 0.15) is 5.82 Å². The SMILES string of the molecule is O=C(Cc1cccc(F)c1)NCCNC(=O)NCc1ccc(N2CCSCC2)cc1. The maximum Gasteiger partial charge on any atom is 0.315 e. The molecule has 0 aromatic heterocycles. The van der Waals surface area contributed by atoms with Crippen molar-refractivity contribution in [1.29, 1.82) is 0 Å². The minimum atomic E-state index is -0.362. The fourth-order valence-electron chi connectivity index (χ4n) is 3.16. The first-order valence-corrected chi connectivity index (χ1v) is 11.2. The summed E-state index contributed by atoms with van der Waals surface area (Å²) in [5.41, 5.74) is 2.87. The van der Waals surface area contributed by atoms with E-state index in [2.05, 4.69) is 33.0 Å². The molecule has 3 rings (SSSR count). The van der Waals surface area contributed by atoms with Crippen molar-refractivity contribution >= 4 is 29.4 Å². The molecule has 160 valence electrons. The maximum absolute atomic E-state index is 13.1. The number of rotatable bonds is 8.